The second-order valence-electron chi connectivity index (χ2n) is 8.83. The molecule has 0 aliphatic carbocycles. The number of anilines is 2. The smallest absolute Gasteiger partial charge is 0.264 e. The van der Waals surface area contributed by atoms with Crippen molar-refractivity contribution in [3.05, 3.63) is 40.5 Å². The highest BCUT2D eigenvalue weighted by atomic mass is 32.1. The summed E-state index contributed by atoms with van der Waals surface area (Å²) in [6.45, 7) is 9.00. The Hall–Kier alpha value is -2.87. The molecule has 8 heteroatoms. The highest BCUT2D eigenvalue weighted by Crippen LogP contribution is 2.37. The maximum atomic E-state index is 13.6. The molecule has 0 atom stereocenters. The van der Waals surface area contributed by atoms with E-state index in [-0.39, 0.29) is 5.91 Å². The Balaban J connectivity index is 1.38. The summed E-state index contributed by atoms with van der Waals surface area (Å²) in [5.74, 6) is 2.76. The molecule has 33 heavy (non-hydrogen) atoms. The number of thiophene rings is 1. The van der Waals surface area contributed by atoms with Crippen LogP contribution in [0.2, 0.25) is 0 Å². The Labute approximate surface area is 199 Å². The number of nitrogens with zero attached hydrogens (tertiary/aromatic N) is 5. The third kappa shape index (κ3) is 4.12. The molecule has 0 N–H and O–H groups in total. The van der Waals surface area contributed by atoms with Crippen LogP contribution in [0.5, 0.6) is 5.75 Å². The van der Waals surface area contributed by atoms with Crippen molar-refractivity contribution < 1.29 is 9.53 Å². The molecule has 2 aromatic heterocycles. The van der Waals surface area contributed by atoms with E-state index in [1.807, 2.05) is 30.0 Å². The topological polar surface area (TPSA) is 61.8 Å². The predicted molar refractivity (Wildman–Crippen MR) is 134 cm³/mol. The fourth-order valence-electron chi connectivity index (χ4n) is 4.95. The van der Waals surface area contributed by atoms with Crippen LogP contribution < -0.4 is 14.5 Å². The SMILES string of the molecule is COc1ccccc1N1CCN(C(=O)c2sc3nc(C)nc(N4CCCCC4)c3c2C)CC1. The maximum absolute atomic E-state index is 13.6. The second-order valence-corrected chi connectivity index (χ2v) is 9.83. The van der Waals surface area contributed by atoms with Gasteiger partial charge in [-0.3, -0.25) is 4.79 Å². The minimum Gasteiger partial charge on any atom is -0.495 e. The minimum absolute atomic E-state index is 0.109. The molecule has 0 radical (unpaired) electrons. The van der Waals surface area contributed by atoms with Gasteiger partial charge in [0.1, 0.15) is 22.2 Å². The summed E-state index contributed by atoms with van der Waals surface area (Å²) in [7, 11) is 1.70. The van der Waals surface area contributed by atoms with Gasteiger partial charge in [-0.05, 0) is 50.8 Å². The van der Waals surface area contributed by atoms with E-state index in [9.17, 15) is 4.79 Å². The van der Waals surface area contributed by atoms with Crippen LogP contribution >= 0.6 is 11.3 Å². The summed E-state index contributed by atoms with van der Waals surface area (Å²) < 4.78 is 5.52. The highest BCUT2D eigenvalue weighted by Gasteiger charge is 2.28. The third-order valence-electron chi connectivity index (χ3n) is 6.73. The molecule has 0 bridgehead atoms. The van der Waals surface area contributed by atoms with Gasteiger partial charge in [0.2, 0.25) is 0 Å². The number of piperazine rings is 1. The van der Waals surface area contributed by atoms with Gasteiger partial charge in [-0.15, -0.1) is 11.3 Å². The second kappa shape index (κ2) is 9.17. The van der Waals surface area contributed by atoms with Crippen molar-refractivity contribution in [3.8, 4) is 5.75 Å². The number of hydrogen-bond acceptors (Lipinski definition) is 7. The molecule has 7 nitrogen and oxygen atoms in total. The van der Waals surface area contributed by atoms with Gasteiger partial charge in [-0.2, -0.15) is 0 Å². The van der Waals surface area contributed by atoms with Crippen molar-refractivity contribution in [2.24, 2.45) is 0 Å². The Kier molecular flexibility index (Phi) is 6.10. The number of hydrogen-bond donors (Lipinski definition) is 0. The number of rotatable bonds is 4. The van der Waals surface area contributed by atoms with Crippen LogP contribution in [0.3, 0.4) is 0 Å². The number of amides is 1. The zero-order chi connectivity index (χ0) is 22.9. The molecule has 0 spiro atoms. The lowest BCUT2D eigenvalue weighted by Crippen LogP contribution is -2.48. The number of aromatic nitrogens is 2. The quantitative estimate of drug-likeness (QED) is 0.574. The lowest BCUT2D eigenvalue weighted by atomic mass is 10.1. The largest absolute Gasteiger partial charge is 0.495 e. The number of methoxy groups -OCH3 is 1. The van der Waals surface area contributed by atoms with E-state index in [1.54, 1.807) is 7.11 Å². The summed E-state index contributed by atoms with van der Waals surface area (Å²) in [6, 6.07) is 8.07. The van der Waals surface area contributed by atoms with E-state index in [1.165, 1.54) is 30.6 Å². The number of para-hydroxylation sites is 2. The molecule has 174 valence electrons. The summed E-state index contributed by atoms with van der Waals surface area (Å²) in [5, 5.41) is 1.06. The molecule has 1 aromatic carbocycles. The number of benzene rings is 1. The van der Waals surface area contributed by atoms with Crippen molar-refractivity contribution in [2.75, 3.05) is 56.2 Å². The van der Waals surface area contributed by atoms with Gasteiger partial charge in [0.05, 0.1) is 23.1 Å². The summed E-state index contributed by atoms with van der Waals surface area (Å²) in [6.07, 6.45) is 3.66. The molecule has 5 rings (SSSR count). The van der Waals surface area contributed by atoms with Gasteiger partial charge in [0.15, 0.2) is 0 Å². The van der Waals surface area contributed by atoms with Gasteiger partial charge in [0.25, 0.3) is 5.91 Å². The molecule has 2 aliphatic rings. The first-order chi connectivity index (χ1) is 16.1. The van der Waals surface area contributed by atoms with Crippen molar-refractivity contribution in [3.63, 3.8) is 0 Å². The van der Waals surface area contributed by atoms with Crippen molar-refractivity contribution in [1.29, 1.82) is 0 Å². The molecular formula is C25H31N5O2S. The number of carbonyl (C=O) groups excluding carboxylic acids is 1. The normalized spacial score (nSPS) is 17.0. The van der Waals surface area contributed by atoms with E-state index in [4.69, 9.17) is 14.7 Å². The molecule has 2 fully saturated rings. The molecule has 4 heterocycles. The zero-order valence-corrected chi connectivity index (χ0v) is 20.5. The molecule has 0 saturated carbocycles. The zero-order valence-electron chi connectivity index (χ0n) is 19.6. The van der Waals surface area contributed by atoms with Gasteiger partial charge in [-0.1, -0.05) is 12.1 Å². The fraction of sp³-hybridized carbons (Fsp3) is 0.480. The van der Waals surface area contributed by atoms with Gasteiger partial charge >= 0.3 is 0 Å². The highest BCUT2D eigenvalue weighted by molar-refractivity contribution is 7.20. The monoisotopic (exact) mass is 465 g/mol. The molecule has 3 aromatic rings. The van der Waals surface area contributed by atoms with Crippen LogP contribution in [0.15, 0.2) is 24.3 Å². The van der Waals surface area contributed by atoms with Crippen molar-refractivity contribution in [1.82, 2.24) is 14.9 Å². The van der Waals surface area contributed by atoms with Crippen LogP contribution in [0.4, 0.5) is 11.5 Å². The average molecular weight is 466 g/mol. The van der Waals surface area contributed by atoms with E-state index in [0.717, 1.165) is 69.9 Å². The lowest BCUT2D eigenvalue weighted by molar-refractivity contribution is 0.0751. The number of carbonyl (C=O) groups is 1. The maximum Gasteiger partial charge on any atom is 0.264 e. The van der Waals surface area contributed by atoms with E-state index >= 15 is 0 Å². The van der Waals surface area contributed by atoms with Crippen molar-refractivity contribution >= 4 is 39.0 Å². The average Bonchev–Trinajstić information content (AvgIpc) is 3.19. The molecule has 2 saturated heterocycles. The van der Waals surface area contributed by atoms with Crippen LogP contribution in [-0.4, -0.2) is 67.2 Å². The van der Waals surface area contributed by atoms with Crippen LogP contribution in [0, 0.1) is 13.8 Å². The first-order valence-electron chi connectivity index (χ1n) is 11.8. The Bertz CT molecular complexity index is 1160. The Morgan fingerprint density at radius 1 is 0.939 bits per heavy atom. The van der Waals surface area contributed by atoms with Crippen LogP contribution in [-0.2, 0) is 0 Å². The third-order valence-corrected chi connectivity index (χ3v) is 7.90. The molecule has 2 aliphatic heterocycles. The number of fused-ring (bicyclic) bond motifs is 1. The first-order valence-corrected chi connectivity index (χ1v) is 12.6. The van der Waals surface area contributed by atoms with E-state index in [0.29, 0.717) is 13.1 Å². The van der Waals surface area contributed by atoms with Gasteiger partial charge in [-0.25, -0.2) is 9.97 Å². The first kappa shape index (κ1) is 21.9. The molecular weight excluding hydrogens is 434 g/mol. The minimum atomic E-state index is 0.109. The van der Waals surface area contributed by atoms with Gasteiger partial charge in [0, 0.05) is 39.3 Å². The van der Waals surface area contributed by atoms with Crippen LogP contribution in [0.25, 0.3) is 10.2 Å². The fourth-order valence-corrected chi connectivity index (χ4v) is 6.13. The Morgan fingerprint density at radius 2 is 1.67 bits per heavy atom. The Morgan fingerprint density at radius 3 is 2.39 bits per heavy atom. The van der Waals surface area contributed by atoms with E-state index < -0.39 is 0 Å². The van der Waals surface area contributed by atoms with E-state index in [2.05, 4.69) is 22.8 Å². The molecule has 1 amide bonds. The number of ether oxygens (including phenoxy) is 1. The van der Waals surface area contributed by atoms with Gasteiger partial charge < -0.3 is 19.4 Å². The lowest BCUT2D eigenvalue weighted by Gasteiger charge is -2.36. The standard InChI is InChI=1S/C25H31N5O2S/c1-17-21-23(29-11-7-4-8-12-29)26-18(2)27-24(21)33-22(17)25(31)30-15-13-28(14-16-30)19-9-5-6-10-20(19)32-3/h5-6,9-10H,4,7-8,11-16H2,1-3H3. The summed E-state index contributed by atoms with van der Waals surface area (Å²) in [4.78, 5) is 31.4. The summed E-state index contributed by atoms with van der Waals surface area (Å²) in [5.41, 5.74) is 2.11. The number of aryl methyl sites for hydroxylation is 2. The predicted octanol–water partition coefficient (Wildman–Crippen LogP) is 4.27. The molecule has 0 unspecified atom stereocenters. The summed E-state index contributed by atoms with van der Waals surface area (Å²) >= 11 is 1.52. The number of piperidine rings is 1. The van der Waals surface area contributed by atoms with Crippen molar-refractivity contribution in [2.45, 2.75) is 33.1 Å². The van der Waals surface area contributed by atoms with Crippen LogP contribution in [0.1, 0.15) is 40.3 Å².